The molecule has 0 spiro atoms. The maximum absolute atomic E-state index is 10.5. The van der Waals surface area contributed by atoms with Crippen molar-refractivity contribution in [1.82, 2.24) is 0 Å². The molecule has 0 heterocycles. The fraction of sp³-hybridized carbons (Fsp3) is 0.333. The van der Waals surface area contributed by atoms with E-state index in [0.717, 1.165) is 0 Å². The van der Waals surface area contributed by atoms with Crippen LogP contribution in [0.25, 0.3) is 0 Å². The third kappa shape index (κ3) is 2.43. The summed E-state index contributed by atoms with van der Waals surface area (Å²) in [6.07, 6.45) is -0.0684. The van der Waals surface area contributed by atoms with Crippen LogP contribution >= 0.6 is 0 Å². The molecule has 13 heavy (non-hydrogen) atoms. The summed E-state index contributed by atoms with van der Waals surface area (Å²) in [5.74, 6) is 0.291. The third-order valence-corrected chi connectivity index (χ3v) is 1.36. The lowest BCUT2D eigenvalue weighted by Gasteiger charge is -2.08. The minimum Gasteiger partial charge on any atom is -0.484 e. The SMILES string of the molecule is CC(C)Oc1cc[c]cc1[N+](=O)[O-]. The van der Waals surface area contributed by atoms with E-state index in [1.54, 1.807) is 6.07 Å². The summed E-state index contributed by atoms with van der Waals surface area (Å²) in [6, 6.07) is 7.07. The van der Waals surface area contributed by atoms with Crippen LogP contribution in [0.4, 0.5) is 5.69 Å². The molecule has 1 aromatic rings. The summed E-state index contributed by atoms with van der Waals surface area (Å²) < 4.78 is 5.24. The molecule has 0 saturated carbocycles. The van der Waals surface area contributed by atoms with Crippen LogP contribution in [0.1, 0.15) is 13.8 Å². The van der Waals surface area contributed by atoms with Crippen LogP contribution in [-0.4, -0.2) is 11.0 Å². The second-order valence-electron chi connectivity index (χ2n) is 2.82. The Balaban J connectivity index is 2.98. The largest absolute Gasteiger partial charge is 0.484 e. The molecular weight excluding hydrogens is 170 g/mol. The number of nitro benzene ring substituents is 1. The van der Waals surface area contributed by atoms with Gasteiger partial charge in [-0.3, -0.25) is 10.1 Å². The average Bonchev–Trinajstić information content (AvgIpc) is 2.03. The van der Waals surface area contributed by atoms with E-state index in [1.807, 2.05) is 13.8 Å². The number of hydrogen-bond donors (Lipinski definition) is 0. The fourth-order valence-corrected chi connectivity index (χ4v) is 0.904. The van der Waals surface area contributed by atoms with Crippen LogP contribution < -0.4 is 4.74 Å². The van der Waals surface area contributed by atoms with Crippen molar-refractivity contribution in [1.29, 1.82) is 0 Å². The quantitative estimate of drug-likeness (QED) is 0.529. The summed E-state index contributed by atoms with van der Waals surface area (Å²) in [5, 5.41) is 10.5. The van der Waals surface area contributed by atoms with Gasteiger partial charge in [0, 0.05) is 6.07 Å². The van der Waals surface area contributed by atoms with Gasteiger partial charge in [0.05, 0.1) is 11.0 Å². The van der Waals surface area contributed by atoms with Gasteiger partial charge in [0.1, 0.15) is 0 Å². The van der Waals surface area contributed by atoms with Crippen molar-refractivity contribution in [3.8, 4) is 5.75 Å². The molecule has 4 nitrogen and oxygen atoms in total. The van der Waals surface area contributed by atoms with Crippen LogP contribution in [0, 0.1) is 16.2 Å². The number of nitrogens with zero attached hydrogens (tertiary/aromatic N) is 1. The van der Waals surface area contributed by atoms with Gasteiger partial charge >= 0.3 is 5.69 Å². The number of rotatable bonds is 3. The normalized spacial score (nSPS) is 10.1. The minimum absolute atomic E-state index is 0.0452. The maximum atomic E-state index is 10.5. The molecule has 0 amide bonds. The first-order chi connectivity index (χ1) is 6.11. The van der Waals surface area contributed by atoms with Crippen molar-refractivity contribution in [2.75, 3.05) is 0 Å². The topological polar surface area (TPSA) is 52.4 Å². The smallest absolute Gasteiger partial charge is 0.311 e. The number of nitro groups is 1. The molecule has 0 bridgehead atoms. The van der Waals surface area contributed by atoms with Crippen molar-refractivity contribution < 1.29 is 9.66 Å². The Kier molecular flexibility index (Phi) is 2.84. The molecule has 0 aliphatic heterocycles. The van der Waals surface area contributed by atoms with Crippen LogP contribution in [0.3, 0.4) is 0 Å². The Labute approximate surface area is 76.3 Å². The molecule has 0 aliphatic carbocycles. The zero-order chi connectivity index (χ0) is 9.84. The summed E-state index contributed by atoms with van der Waals surface area (Å²) in [6.45, 7) is 3.64. The van der Waals surface area contributed by atoms with Crippen molar-refractivity contribution >= 4 is 5.69 Å². The molecule has 4 heteroatoms. The van der Waals surface area contributed by atoms with E-state index < -0.39 is 4.92 Å². The Bertz CT molecular complexity index is 309. The lowest BCUT2D eigenvalue weighted by atomic mass is 10.3. The van der Waals surface area contributed by atoms with Gasteiger partial charge in [0.2, 0.25) is 0 Å². The van der Waals surface area contributed by atoms with Crippen molar-refractivity contribution in [3.63, 3.8) is 0 Å². The molecule has 1 aromatic carbocycles. The van der Waals surface area contributed by atoms with Crippen LogP contribution in [-0.2, 0) is 0 Å². The molecule has 0 fully saturated rings. The molecule has 1 rings (SSSR count). The second-order valence-corrected chi connectivity index (χ2v) is 2.82. The summed E-state index contributed by atoms with van der Waals surface area (Å²) in [7, 11) is 0. The first-order valence-electron chi connectivity index (χ1n) is 3.92. The Morgan fingerprint density at radius 1 is 1.62 bits per heavy atom. The third-order valence-electron chi connectivity index (χ3n) is 1.36. The molecule has 0 aromatic heterocycles. The molecule has 1 radical (unpaired) electrons. The predicted molar refractivity (Wildman–Crippen MR) is 47.7 cm³/mol. The minimum atomic E-state index is -0.478. The number of hydrogen-bond acceptors (Lipinski definition) is 3. The molecule has 0 saturated heterocycles. The average molecular weight is 180 g/mol. The van der Waals surface area contributed by atoms with E-state index >= 15 is 0 Å². The van der Waals surface area contributed by atoms with Gasteiger partial charge in [-0.2, -0.15) is 0 Å². The van der Waals surface area contributed by atoms with Gasteiger partial charge in [-0.1, -0.05) is 6.07 Å². The van der Waals surface area contributed by atoms with Crippen molar-refractivity contribution in [3.05, 3.63) is 34.4 Å². The van der Waals surface area contributed by atoms with Gasteiger partial charge in [-0.25, -0.2) is 0 Å². The van der Waals surface area contributed by atoms with Crippen molar-refractivity contribution in [2.45, 2.75) is 20.0 Å². The summed E-state index contributed by atoms with van der Waals surface area (Å²) in [4.78, 5) is 10.0. The summed E-state index contributed by atoms with van der Waals surface area (Å²) >= 11 is 0. The van der Waals surface area contributed by atoms with Gasteiger partial charge in [0.25, 0.3) is 0 Å². The Morgan fingerprint density at radius 2 is 2.31 bits per heavy atom. The summed E-state index contributed by atoms with van der Waals surface area (Å²) in [5.41, 5.74) is -0.0452. The Morgan fingerprint density at radius 3 is 2.85 bits per heavy atom. The number of benzene rings is 1. The Hall–Kier alpha value is -1.58. The van der Waals surface area contributed by atoms with E-state index in [0.29, 0.717) is 5.75 Å². The molecule has 0 aliphatic rings. The molecule has 0 N–H and O–H groups in total. The molecule has 0 unspecified atom stereocenters. The van der Waals surface area contributed by atoms with Gasteiger partial charge in [-0.15, -0.1) is 0 Å². The second kappa shape index (κ2) is 3.89. The van der Waals surface area contributed by atoms with Gasteiger partial charge < -0.3 is 4.74 Å². The maximum Gasteiger partial charge on any atom is 0.311 e. The number of ether oxygens (including phenoxy) is 1. The van der Waals surface area contributed by atoms with Gasteiger partial charge in [0.15, 0.2) is 5.75 Å². The fourth-order valence-electron chi connectivity index (χ4n) is 0.904. The van der Waals surface area contributed by atoms with Crippen LogP contribution in [0.5, 0.6) is 5.75 Å². The first kappa shape index (κ1) is 9.51. The molecular formula is C9H10NO3. The highest BCUT2D eigenvalue weighted by atomic mass is 16.6. The van der Waals surface area contributed by atoms with E-state index in [4.69, 9.17) is 4.74 Å². The van der Waals surface area contributed by atoms with E-state index in [9.17, 15) is 10.1 Å². The molecule has 0 atom stereocenters. The first-order valence-corrected chi connectivity index (χ1v) is 3.92. The predicted octanol–water partition coefficient (Wildman–Crippen LogP) is 2.18. The van der Waals surface area contributed by atoms with Crippen molar-refractivity contribution in [2.24, 2.45) is 0 Å². The van der Waals surface area contributed by atoms with E-state index in [1.165, 1.54) is 12.1 Å². The lowest BCUT2D eigenvalue weighted by Crippen LogP contribution is -2.07. The van der Waals surface area contributed by atoms with Gasteiger partial charge in [-0.05, 0) is 26.0 Å². The van der Waals surface area contributed by atoms with E-state index in [2.05, 4.69) is 6.07 Å². The molecule has 69 valence electrons. The monoisotopic (exact) mass is 180 g/mol. The highest BCUT2D eigenvalue weighted by Gasteiger charge is 2.14. The van der Waals surface area contributed by atoms with E-state index in [-0.39, 0.29) is 11.8 Å². The van der Waals surface area contributed by atoms with Crippen LogP contribution in [0.15, 0.2) is 18.2 Å². The zero-order valence-corrected chi connectivity index (χ0v) is 7.48. The lowest BCUT2D eigenvalue weighted by molar-refractivity contribution is -0.386. The zero-order valence-electron chi connectivity index (χ0n) is 7.48. The standard InChI is InChI=1S/C9H10NO3/c1-7(2)13-9-6-4-3-5-8(9)10(11)12/h4-7H,1-2H3. The highest BCUT2D eigenvalue weighted by Crippen LogP contribution is 2.26. The highest BCUT2D eigenvalue weighted by molar-refractivity contribution is 5.45. The van der Waals surface area contributed by atoms with Crippen LogP contribution in [0.2, 0.25) is 0 Å².